The number of nitrogens with one attached hydrogen (secondary N) is 1. The number of ether oxygens (including phenoxy) is 1. The molecule has 11 heteroatoms. The van der Waals surface area contributed by atoms with Crippen LogP contribution in [0, 0.1) is 17.8 Å². The fourth-order valence-electron chi connectivity index (χ4n) is 5.91. The van der Waals surface area contributed by atoms with Gasteiger partial charge in [0.25, 0.3) is 11.8 Å². The maximum Gasteiger partial charge on any atom is 0.254 e. The zero-order valence-electron chi connectivity index (χ0n) is 17.3. The lowest BCUT2D eigenvalue weighted by atomic mass is 9.56. The number of benzene rings is 1. The third kappa shape index (κ3) is 2.76. The first-order valence-corrected chi connectivity index (χ1v) is 12.2. The number of hydrogen-bond donors (Lipinski definition) is 2. The number of rotatable bonds is 3. The zero-order valence-corrected chi connectivity index (χ0v) is 20.4. The molecule has 0 spiro atoms. The number of carbonyl (C=O) groups excluding carboxylic acids is 4. The zero-order chi connectivity index (χ0) is 23.9. The summed E-state index contributed by atoms with van der Waals surface area (Å²) in [5, 5.41) is 12.5. The quantitative estimate of drug-likeness (QED) is 0.255. The van der Waals surface area contributed by atoms with Crippen molar-refractivity contribution in [3.05, 3.63) is 35.4 Å². The number of amides is 4. The maximum absolute atomic E-state index is 13.5. The van der Waals surface area contributed by atoms with E-state index in [-0.39, 0.29) is 29.3 Å². The summed E-state index contributed by atoms with van der Waals surface area (Å²) in [6, 6.07) is 4.55. The number of fused-ring (bicyclic) bond motifs is 4. The largest absolute Gasteiger partial charge is 0.504 e. The molecular formula is C22H19BrCl2N2O6. The van der Waals surface area contributed by atoms with E-state index in [1.165, 1.54) is 13.2 Å². The number of hydrogen-bond acceptors (Lipinski definition) is 6. The van der Waals surface area contributed by atoms with Crippen molar-refractivity contribution in [1.82, 2.24) is 10.2 Å². The van der Waals surface area contributed by atoms with Crippen LogP contribution >= 0.6 is 39.1 Å². The number of phenolic OH excluding ortho intramolecular Hbond substituents is 1. The molecule has 4 aliphatic rings. The number of likely N-dealkylation sites (tertiary alicyclic amines) is 1. The number of methoxy groups -OCH3 is 1. The van der Waals surface area contributed by atoms with Crippen molar-refractivity contribution in [2.75, 3.05) is 12.6 Å². The van der Waals surface area contributed by atoms with Crippen LogP contribution in [0.4, 0.5) is 0 Å². The summed E-state index contributed by atoms with van der Waals surface area (Å²) < 4.78 is 5.25. The molecule has 1 aromatic carbocycles. The number of carbonyl (C=O) groups is 4. The van der Waals surface area contributed by atoms with Crippen LogP contribution in [0.1, 0.15) is 24.3 Å². The van der Waals surface area contributed by atoms with Crippen molar-refractivity contribution in [3.8, 4) is 11.5 Å². The van der Waals surface area contributed by atoms with Gasteiger partial charge < -0.3 is 9.84 Å². The summed E-state index contributed by atoms with van der Waals surface area (Å²) in [7, 11) is 1.39. The normalized spacial score (nSPS) is 37.3. The molecule has 8 nitrogen and oxygen atoms in total. The van der Waals surface area contributed by atoms with E-state index in [0.29, 0.717) is 17.6 Å². The van der Waals surface area contributed by atoms with Crippen LogP contribution < -0.4 is 10.1 Å². The minimum Gasteiger partial charge on any atom is -0.504 e. The predicted octanol–water partition coefficient (Wildman–Crippen LogP) is 2.40. The molecular weight excluding hydrogens is 539 g/mol. The molecule has 4 amide bonds. The molecule has 0 aromatic heterocycles. The first kappa shape index (κ1) is 22.7. The topological polar surface area (TPSA) is 113 Å². The minimum absolute atomic E-state index is 0.0639. The maximum atomic E-state index is 13.5. The molecule has 1 saturated carbocycles. The van der Waals surface area contributed by atoms with Gasteiger partial charge in [-0.1, -0.05) is 33.6 Å². The lowest BCUT2D eigenvalue weighted by Crippen LogP contribution is -2.60. The highest BCUT2D eigenvalue weighted by Crippen LogP contribution is 2.65. The monoisotopic (exact) mass is 556 g/mol. The van der Waals surface area contributed by atoms with Crippen LogP contribution in [0.2, 0.25) is 0 Å². The third-order valence-electron chi connectivity index (χ3n) is 7.39. The van der Waals surface area contributed by atoms with Crippen LogP contribution in [-0.4, -0.2) is 55.9 Å². The second-order valence-electron chi connectivity index (χ2n) is 8.77. The van der Waals surface area contributed by atoms with Gasteiger partial charge in [-0.05, 0) is 36.5 Å². The average molecular weight is 558 g/mol. The van der Waals surface area contributed by atoms with Crippen molar-refractivity contribution in [3.63, 3.8) is 0 Å². The van der Waals surface area contributed by atoms with E-state index in [4.69, 9.17) is 27.9 Å². The van der Waals surface area contributed by atoms with Crippen LogP contribution in [-0.2, 0) is 19.2 Å². The lowest BCUT2D eigenvalue weighted by Gasteiger charge is -2.50. The highest BCUT2D eigenvalue weighted by atomic mass is 79.9. The first-order chi connectivity index (χ1) is 15.6. The summed E-state index contributed by atoms with van der Waals surface area (Å²) in [6.45, 7) is 0. The Balaban J connectivity index is 1.76. The minimum atomic E-state index is -1.88. The number of halogens is 3. The van der Waals surface area contributed by atoms with Gasteiger partial charge in [0.15, 0.2) is 21.2 Å². The molecule has 2 heterocycles. The van der Waals surface area contributed by atoms with E-state index >= 15 is 0 Å². The summed E-state index contributed by atoms with van der Waals surface area (Å²) in [5.41, 5.74) is 1.09. The molecule has 174 valence electrons. The Morgan fingerprint density at radius 1 is 1.18 bits per heavy atom. The van der Waals surface area contributed by atoms with Gasteiger partial charge in [-0.25, -0.2) is 0 Å². The molecule has 0 radical (unpaired) electrons. The Labute approximate surface area is 207 Å². The van der Waals surface area contributed by atoms with Gasteiger partial charge in [-0.3, -0.25) is 29.4 Å². The Hall–Kier alpha value is -2.10. The van der Waals surface area contributed by atoms with Crippen LogP contribution in [0.3, 0.4) is 0 Å². The highest BCUT2D eigenvalue weighted by molar-refractivity contribution is 9.09. The van der Waals surface area contributed by atoms with Crippen molar-refractivity contribution in [1.29, 1.82) is 0 Å². The third-order valence-corrected chi connectivity index (χ3v) is 9.31. The van der Waals surface area contributed by atoms with Gasteiger partial charge >= 0.3 is 0 Å². The smallest absolute Gasteiger partial charge is 0.254 e. The molecule has 3 fully saturated rings. The molecule has 2 aliphatic heterocycles. The highest BCUT2D eigenvalue weighted by Gasteiger charge is 2.76. The molecule has 6 atom stereocenters. The predicted molar refractivity (Wildman–Crippen MR) is 121 cm³/mol. The van der Waals surface area contributed by atoms with Crippen molar-refractivity contribution in [2.45, 2.75) is 28.5 Å². The molecule has 1 aromatic rings. The Kier molecular flexibility index (Phi) is 5.12. The average Bonchev–Trinajstić information content (AvgIpc) is 3.15. The van der Waals surface area contributed by atoms with Crippen LogP contribution in [0.15, 0.2) is 29.8 Å². The summed E-state index contributed by atoms with van der Waals surface area (Å²) in [4.78, 5) is 49.3. The number of alkyl halides is 3. The van der Waals surface area contributed by atoms with E-state index in [0.717, 1.165) is 4.90 Å². The van der Waals surface area contributed by atoms with E-state index in [1.54, 1.807) is 12.1 Å². The molecule has 5 rings (SSSR count). The number of imide groups is 2. The van der Waals surface area contributed by atoms with Gasteiger partial charge in [0.05, 0.1) is 24.4 Å². The first-order valence-electron chi connectivity index (χ1n) is 10.3. The molecule has 2 aliphatic carbocycles. The molecule has 0 bridgehead atoms. The SMILES string of the molecule is COc1cc([C@H]2C3=CC[C@@H]4C(=O)NC(=O)[C@@H]4[C@@H]3C[C@@]3(Cl)C(=O)N(CBr)C(=O)[C@@]23Cl)ccc1O. The number of allylic oxidation sites excluding steroid dienone is 2. The fraction of sp³-hybridized carbons (Fsp3) is 0.455. The number of aromatic hydroxyl groups is 1. The second-order valence-corrected chi connectivity index (χ2v) is 10.5. The Morgan fingerprint density at radius 3 is 2.58 bits per heavy atom. The Morgan fingerprint density at radius 2 is 1.91 bits per heavy atom. The van der Waals surface area contributed by atoms with E-state index in [2.05, 4.69) is 21.2 Å². The van der Waals surface area contributed by atoms with Crippen molar-refractivity contribution < 1.29 is 29.0 Å². The van der Waals surface area contributed by atoms with Gasteiger partial charge in [-0.15, -0.1) is 23.2 Å². The summed E-state index contributed by atoms with van der Waals surface area (Å²) in [6.07, 6.45) is 2.07. The fourth-order valence-corrected chi connectivity index (χ4v) is 7.34. The molecule has 2 saturated heterocycles. The lowest BCUT2D eigenvalue weighted by molar-refractivity contribution is -0.138. The van der Waals surface area contributed by atoms with Crippen LogP contribution in [0.5, 0.6) is 11.5 Å². The van der Waals surface area contributed by atoms with Gasteiger partial charge in [-0.2, -0.15) is 0 Å². The van der Waals surface area contributed by atoms with Gasteiger partial charge in [0.2, 0.25) is 11.8 Å². The molecule has 0 unspecified atom stereocenters. The van der Waals surface area contributed by atoms with E-state index < -0.39 is 51.1 Å². The number of phenols is 1. The molecule has 2 N–H and O–H groups in total. The second kappa shape index (κ2) is 7.45. The van der Waals surface area contributed by atoms with Gasteiger partial charge in [0.1, 0.15) is 0 Å². The summed E-state index contributed by atoms with van der Waals surface area (Å²) >= 11 is 17.3. The van der Waals surface area contributed by atoms with Crippen LogP contribution in [0.25, 0.3) is 0 Å². The van der Waals surface area contributed by atoms with Gasteiger partial charge in [0, 0.05) is 5.92 Å². The summed E-state index contributed by atoms with van der Waals surface area (Å²) in [5.74, 6) is -4.76. The standard InChI is InChI=1S/C22H19BrCl2N2O6/c1-33-14-6-9(2-5-13(14)28)16-10-3-4-11-15(18(30)26-17(11)29)12(10)7-21(24)19(31)27(8-23)20(32)22(16,21)25/h2-3,5-6,11-12,15-16,28H,4,7-8H2,1H3,(H,26,29,30)/t11-,12+,15-,16-,21+,22-/m0/s1. The number of nitrogens with zero attached hydrogens (tertiary/aromatic N) is 1. The van der Waals surface area contributed by atoms with Crippen molar-refractivity contribution in [2.24, 2.45) is 17.8 Å². The van der Waals surface area contributed by atoms with Crippen molar-refractivity contribution >= 4 is 62.8 Å². The Bertz CT molecular complexity index is 1160. The molecule has 33 heavy (non-hydrogen) atoms. The van der Waals surface area contributed by atoms with E-state index in [9.17, 15) is 24.3 Å². The van der Waals surface area contributed by atoms with E-state index in [1.807, 2.05) is 6.08 Å².